The Labute approximate surface area is 116 Å². The fourth-order valence-corrected chi connectivity index (χ4v) is 2.95. The highest BCUT2D eigenvalue weighted by atomic mass is 16.2. The summed E-state index contributed by atoms with van der Waals surface area (Å²) in [5.41, 5.74) is 3.55. The molecule has 19 heavy (non-hydrogen) atoms. The number of fused-ring (bicyclic) bond motifs is 1. The second kappa shape index (κ2) is 6.09. The van der Waals surface area contributed by atoms with Crippen LogP contribution in [-0.4, -0.2) is 19.5 Å². The molecule has 0 spiro atoms. The highest BCUT2D eigenvalue weighted by Crippen LogP contribution is 2.33. The molecule has 1 heterocycles. The summed E-state index contributed by atoms with van der Waals surface area (Å²) in [5.74, 6) is 0.448. The van der Waals surface area contributed by atoms with E-state index in [1.807, 2.05) is 18.0 Å². The normalized spacial score (nSPS) is 14.4. The van der Waals surface area contributed by atoms with E-state index < -0.39 is 0 Å². The summed E-state index contributed by atoms with van der Waals surface area (Å²) in [5, 5.41) is 3.23. The number of carbonyl (C=O) groups is 1. The first-order valence-corrected chi connectivity index (χ1v) is 7.33. The van der Waals surface area contributed by atoms with E-state index in [1.165, 1.54) is 5.56 Å². The van der Waals surface area contributed by atoms with E-state index in [4.69, 9.17) is 0 Å². The molecular formula is C16H24N2O. The fourth-order valence-electron chi connectivity index (χ4n) is 2.95. The number of nitrogens with one attached hydrogen (secondary N) is 1. The second-order valence-corrected chi connectivity index (χ2v) is 5.16. The third kappa shape index (κ3) is 2.60. The number of carbonyl (C=O) groups excluding carboxylic acids is 1. The molecule has 1 amide bonds. The van der Waals surface area contributed by atoms with Gasteiger partial charge >= 0.3 is 0 Å². The lowest BCUT2D eigenvalue weighted by Crippen LogP contribution is -2.39. The van der Waals surface area contributed by atoms with Crippen LogP contribution in [0.5, 0.6) is 0 Å². The molecule has 1 N–H and O–H groups in total. The van der Waals surface area contributed by atoms with Gasteiger partial charge in [0.25, 0.3) is 0 Å². The van der Waals surface area contributed by atoms with Crippen molar-refractivity contribution in [2.24, 2.45) is 5.92 Å². The van der Waals surface area contributed by atoms with Gasteiger partial charge in [-0.15, -0.1) is 0 Å². The van der Waals surface area contributed by atoms with Gasteiger partial charge in [0, 0.05) is 30.9 Å². The average molecular weight is 260 g/mol. The van der Waals surface area contributed by atoms with Gasteiger partial charge in [-0.3, -0.25) is 4.79 Å². The maximum Gasteiger partial charge on any atom is 0.230 e. The Morgan fingerprint density at radius 3 is 2.74 bits per heavy atom. The van der Waals surface area contributed by atoms with Crippen LogP contribution in [0.1, 0.15) is 38.7 Å². The molecule has 0 aliphatic carbocycles. The van der Waals surface area contributed by atoms with E-state index >= 15 is 0 Å². The second-order valence-electron chi connectivity index (χ2n) is 5.16. The number of hydrogen-bond acceptors (Lipinski definition) is 2. The zero-order chi connectivity index (χ0) is 13.8. The highest BCUT2D eigenvalue weighted by Gasteiger charge is 2.27. The van der Waals surface area contributed by atoms with Crippen molar-refractivity contribution in [2.45, 2.75) is 39.5 Å². The SMILES string of the molecule is CCC(CC)C(=O)N1CCCc2c(NC)cccc21. The quantitative estimate of drug-likeness (QED) is 0.899. The summed E-state index contributed by atoms with van der Waals surface area (Å²) >= 11 is 0. The molecule has 1 aromatic carbocycles. The number of anilines is 2. The Balaban J connectivity index is 2.34. The molecule has 3 heteroatoms. The minimum atomic E-state index is 0.157. The van der Waals surface area contributed by atoms with E-state index in [1.54, 1.807) is 0 Å². The van der Waals surface area contributed by atoms with Crippen LogP contribution in [0.2, 0.25) is 0 Å². The molecule has 0 saturated carbocycles. The first-order valence-electron chi connectivity index (χ1n) is 7.33. The molecule has 0 bridgehead atoms. The zero-order valence-electron chi connectivity index (χ0n) is 12.2. The molecule has 0 radical (unpaired) electrons. The van der Waals surface area contributed by atoms with E-state index in [2.05, 4.69) is 31.3 Å². The fraction of sp³-hybridized carbons (Fsp3) is 0.562. The average Bonchev–Trinajstić information content (AvgIpc) is 2.47. The Bertz CT molecular complexity index is 452. The Hall–Kier alpha value is -1.51. The third-order valence-corrected chi connectivity index (χ3v) is 4.12. The van der Waals surface area contributed by atoms with Crippen LogP contribution in [-0.2, 0) is 11.2 Å². The number of rotatable bonds is 4. The maximum atomic E-state index is 12.6. The number of amides is 1. The van der Waals surface area contributed by atoms with Crippen LogP contribution in [0.25, 0.3) is 0 Å². The van der Waals surface area contributed by atoms with Crippen LogP contribution in [0, 0.1) is 5.92 Å². The van der Waals surface area contributed by atoms with Gasteiger partial charge < -0.3 is 10.2 Å². The molecule has 3 nitrogen and oxygen atoms in total. The molecule has 0 atom stereocenters. The van der Waals surface area contributed by atoms with Gasteiger partial charge in [-0.25, -0.2) is 0 Å². The Morgan fingerprint density at radius 2 is 2.11 bits per heavy atom. The topological polar surface area (TPSA) is 32.3 Å². The molecule has 1 aliphatic heterocycles. The van der Waals surface area contributed by atoms with Crippen molar-refractivity contribution in [3.05, 3.63) is 23.8 Å². The molecule has 0 saturated heterocycles. The van der Waals surface area contributed by atoms with Gasteiger partial charge in [0.05, 0.1) is 0 Å². The van der Waals surface area contributed by atoms with E-state index in [0.29, 0.717) is 5.91 Å². The first kappa shape index (κ1) is 13.9. The van der Waals surface area contributed by atoms with E-state index in [9.17, 15) is 4.79 Å². The summed E-state index contributed by atoms with van der Waals surface area (Å²) in [4.78, 5) is 14.6. The summed E-state index contributed by atoms with van der Waals surface area (Å²) in [6.07, 6.45) is 3.95. The predicted molar refractivity (Wildman–Crippen MR) is 80.7 cm³/mol. The van der Waals surface area contributed by atoms with Gasteiger partial charge in [0.1, 0.15) is 0 Å². The maximum absolute atomic E-state index is 12.6. The summed E-state index contributed by atoms with van der Waals surface area (Å²) in [6, 6.07) is 6.20. The van der Waals surface area contributed by atoms with Crippen LogP contribution < -0.4 is 10.2 Å². The van der Waals surface area contributed by atoms with Crippen LogP contribution in [0.4, 0.5) is 11.4 Å². The standard InChI is InChI=1S/C16H24N2O/c1-4-12(5-2)16(19)18-11-7-8-13-14(17-3)9-6-10-15(13)18/h6,9-10,12,17H,4-5,7-8,11H2,1-3H3. The van der Waals surface area contributed by atoms with Crippen molar-refractivity contribution in [3.63, 3.8) is 0 Å². The first-order chi connectivity index (χ1) is 9.22. The molecule has 0 aromatic heterocycles. The smallest absolute Gasteiger partial charge is 0.230 e. The largest absolute Gasteiger partial charge is 0.388 e. The van der Waals surface area contributed by atoms with Crippen molar-refractivity contribution in [1.29, 1.82) is 0 Å². The minimum absolute atomic E-state index is 0.157. The summed E-state index contributed by atoms with van der Waals surface area (Å²) in [6.45, 7) is 5.05. The van der Waals surface area contributed by atoms with Crippen LogP contribution >= 0.6 is 0 Å². The van der Waals surface area contributed by atoms with Crippen LogP contribution in [0.15, 0.2) is 18.2 Å². The molecule has 1 aromatic rings. The van der Waals surface area contributed by atoms with Crippen molar-refractivity contribution in [1.82, 2.24) is 0 Å². The molecule has 0 fully saturated rings. The van der Waals surface area contributed by atoms with Crippen molar-refractivity contribution in [3.8, 4) is 0 Å². The Morgan fingerprint density at radius 1 is 1.37 bits per heavy atom. The minimum Gasteiger partial charge on any atom is -0.388 e. The van der Waals surface area contributed by atoms with Gasteiger partial charge in [0.2, 0.25) is 5.91 Å². The van der Waals surface area contributed by atoms with E-state index in [-0.39, 0.29) is 5.92 Å². The predicted octanol–water partition coefficient (Wildman–Crippen LogP) is 3.44. The molecule has 0 unspecified atom stereocenters. The lowest BCUT2D eigenvalue weighted by molar-refractivity contribution is -0.122. The lowest BCUT2D eigenvalue weighted by Gasteiger charge is -2.33. The van der Waals surface area contributed by atoms with Crippen molar-refractivity contribution < 1.29 is 4.79 Å². The molecular weight excluding hydrogens is 236 g/mol. The molecule has 104 valence electrons. The molecule has 2 rings (SSSR count). The van der Waals surface area contributed by atoms with Gasteiger partial charge in [0.15, 0.2) is 0 Å². The number of hydrogen-bond donors (Lipinski definition) is 1. The molecule has 1 aliphatic rings. The summed E-state index contributed by atoms with van der Waals surface area (Å²) in [7, 11) is 1.94. The third-order valence-electron chi connectivity index (χ3n) is 4.12. The van der Waals surface area contributed by atoms with Crippen LogP contribution in [0.3, 0.4) is 0 Å². The van der Waals surface area contributed by atoms with Gasteiger partial charge in [-0.05, 0) is 43.4 Å². The van der Waals surface area contributed by atoms with Gasteiger partial charge in [-0.2, -0.15) is 0 Å². The van der Waals surface area contributed by atoms with Crippen molar-refractivity contribution in [2.75, 3.05) is 23.8 Å². The van der Waals surface area contributed by atoms with E-state index in [0.717, 1.165) is 43.6 Å². The number of benzene rings is 1. The lowest BCUT2D eigenvalue weighted by atomic mass is 9.96. The monoisotopic (exact) mass is 260 g/mol. The number of nitrogens with zero attached hydrogens (tertiary/aromatic N) is 1. The summed E-state index contributed by atoms with van der Waals surface area (Å²) < 4.78 is 0. The van der Waals surface area contributed by atoms with Gasteiger partial charge in [-0.1, -0.05) is 19.9 Å². The zero-order valence-corrected chi connectivity index (χ0v) is 12.2. The Kier molecular flexibility index (Phi) is 4.46. The highest BCUT2D eigenvalue weighted by molar-refractivity contribution is 5.97. The van der Waals surface area contributed by atoms with Crippen molar-refractivity contribution >= 4 is 17.3 Å².